The molecule has 3 aliphatic heterocycles. The Morgan fingerprint density at radius 1 is 0.673 bits per heavy atom. The number of aliphatic hydroxyl groups is 1. The summed E-state index contributed by atoms with van der Waals surface area (Å²) in [4.78, 5) is 12.3. The van der Waals surface area contributed by atoms with Crippen molar-refractivity contribution in [3.05, 3.63) is 60.2 Å². The Balaban J connectivity index is 1.30. The van der Waals surface area contributed by atoms with E-state index in [9.17, 15) is 9.90 Å². The lowest BCUT2D eigenvalue weighted by Crippen LogP contribution is -2.60. The zero-order chi connectivity index (χ0) is 37.5. The number of aliphatic hydroxyl groups excluding tert-OH is 1. The van der Waals surface area contributed by atoms with Gasteiger partial charge < -0.3 is 47.7 Å². The number of carbonyl (C=O) groups is 1. The highest BCUT2D eigenvalue weighted by molar-refractivity contribution is 5.66. The number of hydrogen-bond acceptors (Lipinski definition) is 11. The molecule has 11 heteroatoms. The molecule has 52 heavy (non-hydrogen) atoms. The third-order valence-corrected chi connectivity index (χ3v) is 11.6. The molecule has 0 spiro atoms. The van der Waals surface area contributed by atoms with Gasteiger partial charge in [0.1, 0.15) is 17.6 Å². The molecule has 15 atom stereocenters. The highest BCUT2D eigenvalue weighted by atomic mass is 16.8. The van der Waals surface area contributed by atoms with Gasteiger partial charge >= 0.3 is 5.97 Å². The predicted octanol–water partition coefficient (Wildman–Crippen LogP) is 6.39. The van der Waals surface area contributed by atoms with Gasteiger partial charge in [0.05, 0.1) is 51.3 Å². The average molecular weight is 729 g/mol. The summed E-state index contributed by atoms with van der Waals surface area (Å²) in [5.41, 5.74) is 1.09. The average Bonchev–Trinajstić information content (AvgIpc) is 3.14. The molecule has 0 saturated carbocycles. The zero-order valence-electron chi connectivity index (χ0n) is 32.2. The first-order valence-corrected chi connectivity index (χ1v) is 18.9. The maximum Gasteiger partial charge on any atom is 0.303 e. The first-order chi connectivity index (χ1) is 24.9. The van der Waals surface area contributed by atoms with Gasteiger partial charge in [0, 0.05) is 18.8 Å². The van der Waals surface area contributed by atoms with E-state index in [0.29, 0.717) is 25.4 Å². The molecule has 2 aromatic carbocycles. The minimum absolute atomic E-state index is 0.00995. The summed E-state index contributed by atoms with van der Waals surface area (Å²) >= 11 is 0. The normalized spacial score (nSPS) is 38.0. The van der Waals surface area contributed by atoms with Gasteiger partial charge in [-0.2, -0.15) is 0 Å². The van der Waals surface area contributed by atoms with Crippen molar-refractivity contribution in [3.8, 4) is 11.5 Å². The van der Waals surface area contributed by atoms with Crippen molar-refractivity contribution in [2.45, 2.75) is 124 Å². The van der Waals surface area contributed by atoms with Crippen LogP contribution < -0.4 is 9.47 Å². The van der Waals surface area contributed by atoms with Crippen LogP contribution >= 0.6 is 0 Å². The number of esters is 1. The molecule has 3 fully saturated rings. The van der Waals surface area contributed by atoms with Crippen LogP contribution in [0, 0.1) is 35.5 Å². The molecular weight excluding hydrogens is 668 g/mol. The van der Waals surface area contributed by atoms with E-state index in [2.05, 4.69) is 48.5 Å². The first kappa shape index (κ1) is 40.4. The summed E-state index contributed by atoms with van der Waals surface area (Å²) in [5.74, 6) is 0.839. The summed E-state index contributed by atoms with van der Waals surface area (Å²) < 4.78 is 57.0. The minimum atomic E-state index is -0.805. The fourth-order valence-electron chi connectivity index (χ4n) is 7.59. The van der Waals surface area contributed by atoms with E-state index in [1.807, 2.05) is 54.6 Å². The smallest absolute Gasteiger partial charge is 0.303 e. The van der Waals surface area contributed by atoms with Crippen molar-refractivity contribution in [1.82, 2.24) is 0 Å². The molecule has 3 heterocycles. The molecule has 290 valence electrons. The Morgan fingerprint density at radius 2 is 1.25 bits per heavy atom. The predicted molar refractivity (Wildman–Crippen MR) is 193 cm³/mol. The number of carbonyl (C=O) groups excluding carboxylic acids is 1. The van der Waals surface area contributed by atoms with Crippen molar-refractivity contribution >= 4 is 5.97 Å². The molecular formula is C41H60O11. The topological polar surface area (TPSA) is 120 Å². The second-order valence-corrected chi connectivity index (χ2v) is 14.9. The van der Waals surface area contributed by atoms with Gasteiger partial charge in [-0.25, -0.2) is 0 Å². The highest BCUT2D eigenvalue weighted by Gasteiger charge is 2.51. The van der Waals surface area contributed by atoms with Gasteiger partial charge in [-0.1, -0.05) is 78.8 Å². The molecule has 1 N–H and O–H groups in total. The van der Waals surface area contributed by atoms with Gasteiger partial charge in [-0.3, -0.25) is 4.79 Å². The fourth-order valence-corrected chi connectivity index (χ4v) is 7.59. The van der Waals surface area contributed by atoms with Crippen LogP contribution in [0.1, 0.15) is 67.4 Å². The largest absolute Gasteiger partial charge is 0.497 e. The van der Waals surface area contributed by atoms with Gasteiger partial charge in [0.25, 0.3) is 0 Å². The maximum atomic E-state index is 12.3. The van der Waals surface area contributed by atoms with E-state index in [4.69, 9.17) is 42.6 Å². The molecule has 0 amide bonds. The van der Waals surface area contributed by atoms with Gasteiger partial charge in [-0.15, -0.1) is 0 Å². The molecule has 11 nitrogen and oxygen atoms in total. The van der Waals surface area contributed by atoms with Crippen LogP contribution in [0.15, 0.2) is 54.6 Å². The van der Waals surface area contributed by atoms with E-state index in [-0.39, 0.29) is 66.4 Å². The second-order valence-electron chi connectivity index (χ2n) is 14.9. The lowest BCUT2D eigenvalue weighted by atomic mass is 9.81. The van der Waals surface area contributed by atoms with Crippen molar-refractivity contribution in [2.75, 3.05) is 20.3 Å². The zero-order valence-corrected chi connectivity index (χ0v) is 32.2. The SMILES string of the molecule is CCC1O[C@@H](OC2[C@@H](Oc3ccc(OC)cc3)OC(CO)[C@@H](C)[C@@H]2C)C(C)[C@H](C)[C@@H]1O[C@@H]1OC(COCc2ccccc2)[C@H](C)[C@H](C)C1OC(C)=O. The quantitative estimate of drug-likeness (QED) is 0.218. The molecule has 6 unspecified atom stereocenters. The number of ether oxygens (including phenoxy) is 9. The molecule has 5 rings (SSSR count). The molecule has 0 aliphatic carbocycles. The Hall–Kier alpha value is -2.77. The molecule has 0 radical (unpaired) electrons. The maximum absolute atomic E-state index is 12.3. The number of hydrogen-bond donors (Lipinski definition) is 1. The van der Waals surface area contributed by atoms with Crippen LogP contribution in [0.4, 0.5) is 0 Å². The third kappa shape index (κ3) is 9.47. The Bertz CT molecular complexity index is 1370. The van der Waals surface area contributed by atoms with Crippen molar-refractivity contribution in [2.24, 2.45) is 35.5 Å². The number of rotatable bonds is 14. The number of benzene rings is 2. The fraction of sp³-hybridized carbons (Fsp3) is 0.683. The van der Waals surface area contributed by atoms with Gasteiger partial charge in [0.2, 0.25) is 6.29 Å². The lowest BCUT2D eigenvalue weighted by molar-refractivity contribution is -0.355. The van der Waals surface area contributed by atoms with E-state index >= 15 is 0 Å². The van der Waals surface area contributed by atoms with E-state index < -0.39 is 37.2 Å². The van der Waals surface area contributed by atoms with E-state index in [1.165, 1.54) is 6.92 Å². The van der Waals surface area contributed by atoms with Crippen LogP contribution in [0.25, 0.3) is 0 Å². The van der Waals surface area contributed by atoms with Crippen LogP contribution in [-0.4, -0.2) is 86.9 Å². The van der Waals surface area contributed by atoms with E-state index in [1.54, 1.807) is 7.11 Å². The first-order valence-electron chi connectivity index (χ1n) is 18.9. The Labute approximate surface area is 309 Å². The Kier molecular flexibility index (Phi) is 14.4. The molecule has 2 aromatic rings. The lowest BCUT2D eigenvalue weighted by Gasteiger charge is -2.50. The van der Waals surface area contributed by atoms with Crippen molar-refractivity contribution in [1.29, 1.82) is 0 Å². The summed E-state index contributed by atoms with van der Waals surface area (Å²) in [6.45, 7) is 16.8. The monoisotopic (exact) mass is 728 g/mol. The van der Waals surface area contributed by atoms with Crippen LogP contribution in [0.5, 0.6) is 11.5 Å². The minimum Gasteiger partial charge on any atom is -0.497 e. The molecule has 3 aliphatic rings. The molecule has 3 saturated heterocycles. The molecule has 0 aromatic heterocycles. The van der Waals surface area contributed by atoms with Crippen LogP contribution in [0.2, 0.25) is 0 Å². The summed E-state index contributed by atoms with van der Waals surface area (Å²) in [5, 5.41) is 10.1. The summed E-state index contributed by atoms with van der Waals surface area (Å²) in [6.07, 6.45) is -3.93. The highest BCUT2D eigenvalue weighted by Crippen LogP contribution is 2.42. The molecule has 0 bridgehead atoms. The Morgan fingerprint density at radius 3 is 1.88 bits per heavy atom. The van der Waals surface area contributed by atoms with Crippen molar-refractivity contribution < 1.29 is 52.5 Å². The van der Waals surface area contributed by atoms with Crippen LogP contribution in [0.3, 0.4) is 0 Å². The van der Waals surface area contributed by atoms with Gasteiger partial charge in [-0.05, 0) is 59.9 Å². The van der Waals surface area contributed by atoms with Crippen molar-refractivity contribution in [3.63, 3.8) is 0 Å². The van der Waals surface area contributed by atoms with E-state index in [0.717, 1.165) is 11.3 Å². The standard InChI is InChI=1S/C41H60O11/c1-10-33-36(51-41-37(46-29(8)43)26(5)24(3)35(50-41)22-45-21-30-14-12-11-13-15-30)27(6)28(7)39(48-33)52-38-25(4)23(2)34(20-42)49-40(38)47-32-18-16-31(44-9)17-19-32/h11-19,23-28,33-42H,10,20-22H2,1-9H3/t23-,24+,25-,26-,27-,28?,33?,34?,35?,36-,37?,38?,39-,40-,41-/m0/s1. The second kappa shape index (κ2) is 18.5. The number of methoxy groups -OCH3 is 1. The summed E-state index contributed by atoms with van der Waals surface area (Å²) in [7, 11) is 1.62. The third-order valence-electron chi connectivity index (χ3n) is 11.6. The van der Waals surface area contributed by atoms with Crippen LogP contribution in [-0.2, 0) is 44.6 Å². The summed E-state index contributed by atoms with van der Waals surface area (Å²) in [6, 6.07) is 17.3. The van der Waals surface area contributed by atoms with Gasteiger partial charge in [0.15, 0.2) is 18.7 Å².